The highest BCUT2D eigenvalue weighted by atomic mass is 16.5. The molecule has 5 rings (SSSR count). The van der Waals surface area contributed by atoms with E-state index in [1.54, 1.807) is 18.2 Å². The molecule has 0 radical (unpaired) electrons. The maximum Gasteiger partial charge on any atom is 0.255 e. The highest BCUT2D eigenvalue weighted by Crippen LogP contribution is 2.28. The predicted octanol–water partition coefficient (Wildman–Crippen LogP) is 14.0. The van der Waals surface area contributed by atoms with Crippen molar-refractivity contribution < 1.29 is 28.7 Å². The fourth-order valence-corrected chi connectivity index (χ4v) is 8.73. The first-order valence-electron chi connectivity index (χ1n) is 28.9. The van der Waals surface area contributed by atoms with Gasteiger partial charge in [-0.05, 0) is 150 Å². The molecule has 3 fully saturated rings. The number of carbonyl (C=O) groups is 5. The van der Waals surface area contributed by atoms with E-state index >= 15 is 0 Å². The van der Waals surface area contributed by atoms with Gasteiger partial charge in [-0.2, -0.15) is 5.26 Å². The number of nitrogens with zero attached hydrogens (tertiary/aromatic N) is 4. The van der Waals surface area contributed by atoms with Crippen LogP contribution in [0.1, 0.15) is 208 Å². The number of aryl methyl sites for hydroxylation is 1. The van der Waals surface area contributed by atoms with Crippen LogP contribution in [-0.2, 0) is 14.4 Å². The number of nitriles is 1. The summed E-state index contributed by atoms with van der Waals surface area (Å²) >= 11 is 0. The van der Waals surface area contributed by atoms with E-state index in [1.165, 1.54) is 93.4 Å². The molecule has 0 aromatic heterocycles. The summed E-state index contributed by atoms with van der Waals surface area (Å²) in [5.41, 5.74) is 7.15. The van der Waals surface area contributed by atoms with E-state index in [-0.39, 0.29) is 36.0 Å². The van der Waals surface area contributed by atoms with Crippen molar-refractivity contribution >= 4 is 36.5 Å². The minimum absolute atomic E-state index is 0.173. The second-order valence-electron chi connectivity index (χ2n) is 20.4. The summed E-state index contributed by atoms with van der Waals surface area (Å²) < 4.78 is 5.75. The molecule has 0 spiro atoms. The van der Waals surface area contributed by atoms with E-state index in [0.717, 1.165) is 80.6 Å². The summed E-state index contributed by atoms with van der Waals surface area (Å²) in [5.74, 6) is 0.824. The molecule has 2 aliphatic heterocycles. The summed E-state index contributed by atoms with van der Waals surface area (Å²) in [7, 11) is 3.46. The van der Waals surface area contributed by atoms with Crippen LogP contribution in [0.4, 0.5) is 0 Å². The number of imide groups is 1. The molecular formula is C65H100N6O6. The number of ether oxygens (including phenoxy) is 1. The minimum Gasteiger partial charge on any atom is -0.490 e. The monoisotopic (exact) mass is 1060 g/mol. The Morgan fingerprint density at radius 2 is 1.61 bits per heavy atom. The van der Waals surface area contributed by atoms with Crippen LogP contribution in [0.15, 0.2) is 84.3 Å². The standard InChI is InChI=1S/C18H20N2O5.C16H28N2.C15H17N.C11H23NO.C5H12/c1-20(15-7-8-16(22)19-17(15)23)18(24)14-6-5-13(9-11(14)10-21)25-12-3-2-4-12;1-5-7-16(9-8-15(6-2)17-4)18-12-10-14(3)11-13-18;1-4-5-6-7-8-15-12(2)9-10-14(11-16)13(15)3;1-4-6-7-11(3)9-12(10-13)8-5-2;1-3-5-4-2/h5-6,9-10,12,15H,2-4,7-8H2,1H3,(H,19,22,23);6-9,14,17H,5,10-13H2,1-4H3;5-10H,4H2,1-3H3;10-11H,4-9H2,1-3H3;3-5H2,1-2H3/b;9-8-,15-6+,16-7+;6-5+,8-7-;;. The molecule has 3 aliphatic rings. The molecule has 1 saturated carbocycles. The van der Waals surface area contributed by atoms with Crippen LogP contribution in [0.2, 0.25) is 0 Å². The first-order chi connectivity index (χ1) is 37.1. The summed E-state index contributed by atoms with van der Waals surface area (Å²) in [5, 5.41) is 14.4. The minimum atomic E-state index is -0.726. The summed E-state index contributed by atoms with van der Waals surface area (Å²) in [6.45, 7) is 28.0. The zero-order valence-corrected chi connectivity index (χ0v) is 49.9. The van der Waals surface area contributed by atoms with Crippen LogP contribution in [0, 0.1) is 37.0 Å². The number of piperidine rings is 2. The number of amides is 4. The smallest absolute Gasteiger partial charge is 0.255 e. The second-order valence-corrected chi connectivity index (χ2v) is 20.4. The van der Waals surface area contributed by atoms with Gasteiger partial charge in [0, 0.05) is 63.7 Å². The van der Waals surface area contributed by atoms with Gasteiger partial charge >= 0.3 is 0 Å². The second kappa shape index (κ2) is 41.0. The van der Waals surface area contributed by atoms with Crippen molar-refractivity contribution in [3.05, 3.63) is 118 Å². The van der Waals surface area contributed by atoms with Crippen LogP contribution in [0.5, 0.6) is 5.75 Å². The normalized spacial score (nSPS) is 16.2. The number of likely N-dealkylation sites (tertiary alicyclic amines) is 1. The number of benzene rings is 2. The molecule has 0 bridgehead atoms. The molecule has 2 aromatic rings. The highest BCUT2D eigenvalue weighted by Gasteiger charge is 2.33. The SMILES string of the molecule is CC/C=C/C=C\c1c(C)ccc(C#N)c1C.CCCCC.CCCCC(C)CN(C=O)CCC.CN(C(=O)c1ccc(OC2CCC2)cc1C=O)C1CCC(=O)NC1=O.C\C=C(/C=C\C(=C/CC)N1CCC(C)CC1)NC. The van der Waals surface area contributed by atoms with Gasteiger partial charge in [0.1, 0.15) is 11.8 Å². The molecule has 2 atom stereocenters. The summed E-state index contributed by atoms with van der Waals surface area (Å²) in [4.78, 5) is 63.6. The Hall–Kier alpha value is -6.22. The Labute approximate surface area is 466 Å². The van der Waals surface area contributed by atoms with Crippen molar-refractivity contribution in [1.82, 2.24) is 25.3 Å². The van der Waals surface area contributed by atoms with Crippen LogP contribution in [0.3, 0.4) is 0 Å². The van der Waals surface area contributed by atoms with E-state index < -0.39 is 17.9 Å². The number of allylic oxidation sites excluding steroid dienone is 7. The van der Waals surface area contributed by atoms with Gasteiger partial charge in [0.2, 0.25) is 18.2 Å². The fourth-order valence-electron chi connectivity index (χ4n) is 8.73. The number of nitrogens with one attached hydrogen (secondary N) is 2. The molecule has 2 aromatic carbocycles. The maximum absolute atomic E-state index is 12.7. The van der Waals surface area contributed by atoms with Gasteiger partial charge < -0.3 is 24.8 Å². The summed E-state index contributed by atoms with van der Waals surface area (Å²) in [6, 6.07) is 10.1. The van der Waals surface area contributed by atoms with E-state index in [0.29, 0.717) is 18.0 Å². The first kappa shape index (κ1) is 68.8. The quantitative estimate of drug-likeness (QED) is 0.0629. The lowest BCUT2D eigenvalue weighted by atomic mass is 9.96. The van der Waals surface area contributed by atoms with Gasteiger partial charge in [0.05, 0.1) is 23.3 Å². The van der Waals surface area contributed by atoms with Gasteiger partial charge in [-0.3, -0.25) is 29.3 Å². The van der Waals surface area contributed by atoms with Crippen molar-refractivity contribution in [3.8, 4) is 11.8 Å². The molecular weight excluding hydrogens is 961 g/mol. The number of carbonyl (C=O) groups excluding carboxylic acids is 5. The van der Waals surface area contributed by atoms with Crippen molar-refractivity contribution in [1.29, 1.82) is 5.26 Å². The molecule has 2 heterocycles. The largest absolute Gasteiger partial charge is 0.490 e. The lowest BCUT2D eigenvalue weighted by Crippen LogP contribution is -2.53. The van der Waals surface area contributed by atoms with Gasteiger partial charge in [-0.1, -0.05) is 130 Å². The number of aldehydes is 1. The molecule has 2 unspecified atom stereocenters. The third-order valence-electron chi connectivity index (χ3n) is 13.9. The van der Waals surface area contributed by atoms with Crippen molar-refractivity contribution in [2.45, 2.75) is 191 Å². The lowest BCUT2D eigenvalue weighted by molar-refractivity contribution is -0.136. The van der Waals surface area contributed by atoms with E-state index in [4.69, 9.17) is 10.00 Å². The third-order valence-corrected chi connectivity index (χ3v) is 13.9. The lowest BCUT2D eigenvalue weighted by Gasteiger charge is -2.33. The number of rotatable bonds is 23. The highest BCUT2D eigenvalue weighted by molar-refractivity contribution is 6.06. The predicted molar refractivity (Wildman–Crippen MR) is 320 cm³/mol. The van der Waals surface area contributed by atoms with Crippen molar-refractivity contribution in [2.24, 2.45) is 11.8 Å². The molecule has 12 nitrogen and oxygen atoms in total. The Balaban J connectivity index is 0.000000512. The molecule has 426 valence electrons. The van der Waals surface area contributed by atoms with Crippen LogP contribution in [0.25, 0.3) is 6.08 Å². The maximum atomic E-state index is 12.7. The third kappa shape index (κ3) is 26.6. The number of likely N-dealkylation sites (N-methyl/N-ethyl adjacent to an activating group) is 2. The van der Waals surface area contributed by atoms with Crippen LogP contribution < -0.4 is 15.4 Å². The average molecular weight is 1060 g/mol. The van der Waals surface area contributed by atoms with Gasteiger partial charge in [0.25, 0.3) is 5.91 Å². The Kier molecular flexibility index (Phi) is 36.6. The Morgan fingerprint density at radius 3 is 2.13 bits per heavy atom. The average Bonchev–Trinajstić information content (AvgIpc) is 3.41. The summed E-state index contributed by atoms with van der Waals surface area (Å²) in [6.07, 6.45) is 36.1. The Morgan fingerprint density at radius 1 is 0.922 bits per heavy atom. The van der Waals surface area contributed by atoms with Crippen LogP contribution >= 0.6 is 0 Å². The van der Waals surface area contributed by atoms with E-state index in [2.05, 4.69) is 127 Å². The van der Waals surface area contributed by atoms with Gasteiger partial charge in [-0.25, -0.2) is 0 Å². The molecule has 4 amide bonds. The Bertz CT molecular complexity index is 2260. The molecule has 77 heavy (non-hydrogen) atoms. The molecule has 2 N–H and O–H groups in total. The number of hydrogen-bond donors (Lipinski definition) is 2. The number of unbranched alkanes of at least 4 members (excludes halogenated alkanes) is 3. The number of hydrogen-bond acceptors (Lipinski definition) is 9. The molecule has 12 heteroatoms. The van der Waals surface area contributed by atoms with Gasteiger partial charge in [-0.15, -0.1) is 0 Å². The van der Waals surface area contributed by atoms with Crippen molar-refractivity contribution in [3.63, 3.8) is 0 Å². The van der Waals surface area contributed by atoms with Crippen LogP contribution in [-0.4, -0.2) is 97.5 Å². The fraction of sp³-hybridized carbons (Fsp3) is 0.569. The molecule has 2 saturated heterocycles. The van der Waals surface area contributed by atoms with Crippen molar-refractivity contribution in [2.75, 3.05) is 40.3 Å². The first-order valence-corrected chi connectivity index (χ1v) is 28.9. The zero-order valence-electron chi connectivity index (χ0n) is 49.9. The topological polar surface area (TPSA) is 152 Å². The van der Waals surface area contributed by atoms with E-state index in [1.807, 2.05) is 43.2 Å². The zero-order chi connectivity index (χ0) is 57.5. The van der Waals surface area contributed by atoms with E-state index in [9.17, 15) is 24.0 Å². The van der Waals surface area contributed by atoms with Gasteiger partial charge in [0.15, 0.2) is 6.29 Å². The molecule has 1 aliphatic carbocycles.